The highest BCUT2D eigenvalue weighted by atomic mass is 19.1. The molecule has 0 aliphatic carbocycles. The fourth-order valence-electron chi connectivity index (χ4n) is 6.98. The van der Waals surface area contributed by atoms with E-state index in [0.717, 1.165) is 69.8 Å². The molecule has 2 bridgehead atoms. The zero-order chi connectivity index (χ0) is 25.1. The molecule has 1 aromatic heterocycles. The number of alkyl halides is 1. The average molecular weight is 503 g/mol. The van der Waals surface area contributed by atoms with Crippen molar-refractivity contribution in [2.75, 3.05) is 44.2 Å². The number of piperazine rings is 1. The number of hydrogen-bond acceptors (Lipinski definition) is 8. The van der Waals surface area contributed by atoms with Crippen LogP contribution in [-0.4, -0.2) is 94.6 Å². The van der Waals surface area contributed by atoms with Gasteiger partial charge in [0.25, 0.3) is 0 Å². The lowest BCUT2D eigenvalue weighted by Crippen LogP contribution is -2.57. The Morgan fingerprint density at radius 3 is 2.72 bits per heavy atom. The number of nitrogens with zero attached hydrogens (tertiary/aromatic N) is 5. The quantitative estimate of drug-likeness (QED) is 0.673. The summed E-state index contributed by atoms with van der Waals surface area (Å²) >= 11 is 0. The van der Waals surface area contributed by atoms with Gasteiger partial charge in [0.05, 0.1) is 23.3 Å². The molecule has 10 heteroatoms. The molecule has 1 amide bonds. The fourth-order valence-corrected chi connectivity index (χ4v) is 6.98. The summed E-state index contributed by atoms with van der Waals surface area (Å²) in [5.74, 6) is 0.938. The van der Waals surface area contributed by atoms with E-state index in [9.17, 15) is 9.18 Å². The second-order valence-corrected chi connectivity index (χ2v) is 12.2. The van der Waals surface area contributed by atoms with Gasteiger partial charge in [-0.25, -0.2) is 9.18 Å². The molecule has 6 heterocycles. The van der Waals surface area contributed by atoms with Crippen molar-refractivity contribution in [3.63, 3.8) is 0 Å². The van der Waals surface area contributed by atoms with Gasteiger partial charge >= 0.3 is 12.1 Å². The summed E-state index contributed by atoms with van der Waals surface area (Å²) in [6.07, 6.45) is 4.40. The van der Waals surface area contributed by atoms with E-state index >= 15 is 0 Å². The van der Waals surface area contributed by atoms with Crippen LogP contribution in [0.15, 0.2) is 0 Å². The summed E-state index contributed by atoms with van der Waals surface area (Å²) < 4.78 is 26.2. The van der Waals surface area contributed by atoms with Gasteiger partial charge in [0, 0.05) is 38.2 Å². The molecular formula is C26H39FN6O3. The second kappa shape index (κ2) is 8.97. The number of hydrogen-bond donors (Lipinski definition) is 1. The number of anilines is 1. The van der Waals surface area contributed by atoms with E-state index < -0.39 is 11.8 Å². The van der Waals surface area contributed by atoms with E-state index in [-0.39, 0.29) is 23.7 Å². The van der Waals surface area contributed by atoms with E-state index in [0.29, 0.717) is 32.1 Å². The molecule has 5 aliphatic heterocycles. The standard InChI is InChI=1S/C26H39FN6O3/c1-25(2,3)36-24(34)33-18-5-6-19(33)15-31(14-18)22-20-7-9-28-12-21(20)29-23(30-22)35-16-26-8-4-10-32(26)13-17(27)11-26/h17-19,28H,4-16H2,1-3H3/t17-,18-,19+,26+/m1/s1. The number of carbonyl (C=O) groups is 1. The monoisotopic (exact) mass is 502 g/mol. The van der Waals surface area contributed by atoms with Crippen LogP contribution in [0.2, 0.25) is 0 Å². The molecule has 9 nitrogen and oxygen atoms in total. The molecule has 4 saturated heterocycles. The first-order valence-corrected chi connectivity index (χ1v) is 13.6. The van der Waals surface area contributed by atoms with Crippen molar-refractivity contribution in [3.8, 4) is 6.01 Å². The molecule has 198 valence electrons. The van der Waals surface area contributed by atoms with Gasteiger partial charge in [-0.3, -0.25) is 9.80 Å². The summed E-state index contributed by atoms with van der Waals surface area (Å²) in [5.41, 5.74) is 1.43. The molecule has 1 N–H and O–H groups in total. The molecule has 0 unspecified atom stereocenters. The highest BCUT2D eigenvalue weighted by Gasteiger charge is 2.50. The van der Waals surface area contributed by atoms with Crippen molar-refractivity contribution in [1.29, 1.82) is 0 Å². The number of carbonyl (C=O) groups excluding carboxylic acids is 1. The van der Waals surface area contributed by atoms with Crippen LogP contribution in [0.1, 0.15) is 64.1 Å². The highest BCUT2D eigenvalue weighted by Crippen LogP contribution is 2.41. The molecule has 4 atom stereocenters. The van der Waals surface area contributed by atoms with E-state index in [1.165, 1.54) is 5.56 Å². The summed E-state index contributed by atoms with van der Waals surface area (Å²) in [5, 5.41) is 3.42. The Bertz CT molecular complexity index is 1000. The minimum atomic E-state index is -0.783. The smallest absolute Gasteiger partial charge is 0.410 e. The second-order valence-electron chi connectivity index (χ2n) is 12.2. The van der Waals surface area contributed by atoms with Gasteiger partial charge in [-0.05, 0) is 66.0 Å². The normalized spacial score (nSPS) is 31.9. The van der Waals surface area contributed by atoms with E-state index in [2.05, 4.69) is 15.1 Å². The van der Waals surface area contributed by atoms with Gasteiger partial charge in [0.15, 0.2) is 0 Å². The lowest BCUT2D eigenvalue weighted by Gasteiger charge is -2.42. The number of halogens is 1. The summed E-state index contributed by atoms with van der Waals surface area (Å²) in [6.45, 7) is 10.7. The minimum absolute atomic E-state index is 0.112. The van der Waals surface area contributed by atoms with Gasteiger partial charge < -0.3 is 19.7 Å². The molecule has 1 aromatic rings. The fraction of sp³-hybridized carbons (Fsp3) is 0.808. The van der Waals surface area contributed by atoms with E-state index in [1.54, 1.807) is 0 Å². The first-order valence-electron chi connectivity index (χ1n) is 13.6. The topological polar surface area (TPSA) is 83.1 Å². The maximum atomic E-state index is 14.2. The SMILES string of the molecule is CC(C)(C)OC(=O)N1[C@@H]2CC[C@H]1CN(c1nc(OC[C@@]34CCCN3C[C@H](F)C4)nc3c1CCNC3)C2. The van der Waals surface area contributed by atoms with Crippen LogP contribution >= 0.6 is 0 Å². The molecule has 0 spiro atoms. The van der Waals surface area contributed by atoms with Crippen molar-refractivity contribution in [2.45, 2.75) is 95.2 Å². The van der Waals surface area contributed by atoms with Crippen molar-refractivity contribution >= 4 is 11.9 Å². The van der Waals surface area contributed by atoms with Crippen LogP contribution in [-0.2, 0) is 17.7 Å². The lowest BCUT2D eigenvalue weighted by atomic mass is 9.95. The van der Waals surface area contributed by atoms with Gasteiger partial charge in [0.2, 0.25) is 0 Å². The van der Waals surface area contributed by atoms with Gasteiger partial charge in [0.1, 0.15) is 24.2 Å². The molecular weight excluding hydrogens is 463 g/mol. The third-order valence-electron chi connectivity index (χ3n) is 8.51. The Hall–Kier alpha value is -2.20. The molecule has 0 aromatic carbocycles. The number of amides is 1. The Morgan fingerprint density at radius 1 is 1.19 bits per heavy atom. The molecule has 0 saturated carbocycles. The predicted octanol–water partition coefficient (Wildman–Crippen LogP) is 2.67. The number of aromatic nitrogens is 2. The maximum Gasteiger partial charge on any atom is 0.410 e. The summed E-state index contributed by atoms with van der Waals surface area (Å²) in [6, 6.07) is 0.611. The van der Waals surface area contributed by atoms with Crippen LogP contribution in [0, 0.1) is 0 Å². The largest absolute Gasteiger partial charge is 0.461 e. The molecule has 4 fully saturated rings. The third-order valence-corrected chi connectivity index (χ3v) is 8.51. The van der Waals surface area contributed by atoms with Crippen LogP contribution in [0.5, 0.6) is 6.01 Å². The molecule has 6 rings (SSSR count). The Balaban J connectivity index is 1.22. The number of fused-ring (bicyclic) bond motifs is 4. The Kier molecular flexibility index (Phi) is 6.02. The molecule has 0 radical (unpaired) electrons. The third kappa shape index (κ3) is 4.40. The first-order chi connectivity index (χ1) is 17.2. The van der Waals surface area contributed by atoms with Crippen LogP contribution < -0.4 is 15.0 Å². The van der Waals surface area contributed by atoms with Crippen molar-refractivity contribution < 1.29 is 18.7 Å². The number of ether oxygens (including phenoxy) is 2. The highest BCUT2D eigenvalue weighted by molar-refractivity contribution is 5.70. The van der Waals surface area contributed by atoms with Gasteiger partial charge in [-0.1, -0.05) is 0 Å². The zero-order valence-electron chi connectivity index (χ0n) is 21.8. The molecule has 5 aliphatic rings. The van der Waals surface area contributed by atoms with Crippen LogP contribution in [0.3, 0.4) is 0 Å². The molecule has 36 heavy (non-hydrogen) atoms. The lowest BCUT2D eigenvalue weighted by molar-refractivity contribution is 0.0122. The van der Waals surface area contributed by atoms with Crippen LogP contribution in [0.25, 0.3) is 0 Å². The van der Waals surface area contributed by atoms with Crippen molar-refractivity contribution in [1.82, 2.24) is 25.1 Å². The predicted molar refractivity (Wildman–Crippen MR) is 133 cm³/mol. The average Bonchev–Trinajstić information content (AvgIpc) is 3.43. The first kappa shape index (κ1) is 24.2. The maximum absolute atomic E-state index is 14.2. The number of rotatable bonds is 4. The summed E-state index contributed by atoms with van der Waals surface area (Å²) in [4.78, 5) is 29.2. The van der Waals surface area contributed by atoms with Gasteiger partial charge in [-0.2, -0.15) is 9.97 Å². The summed E-state index contributed by atoms with van der Waals surface area (Å²) in [7, 11) is 0. The van der Waals surface area contributed by atoms with Crippen molar-refractivity contribution in [2.24, 2.45) is 0 Å². The van der Waals surface area contributed by atoms with Crippen molar-refractivity contribution in [3.05, 3.63) is 11.3 Å². The van der Waals surface area contributed by atoms with Gasteiger partial charge in [-0.15, -0.1) is 0 Å². The Morgan fingerprint density at radius 2 is 1.97 bits per heavy atom. The van der Waals surface area contributed by atoms with E-state index in [4.69, 9.17) is 19.4 Å². The number of nitrogens with one attached hydrogen (secondary N) is 1. The zero-order valence-corrected chi connectivity index (χ0v) is 21.8. The van der Waals surface area contributed by atoms with E-state index in [1.807, 2.05) is 25.7 Å². The van der Waals surface area contributed by atoms with Crippen LogP contribution in [0.4, 0.5) is 15.0 Å². The Labute approximate surface area is 212 Å². The minimum Gasteiger partial charge on any atom is -0.461 e.